The number of likely N-dealkylation sites (tertiary alicyclic amines) is 1. The zero-order valence-corrected chi connectivity index (χ0v) is 21.7. The molecule has 9 nitrogen and oxygen atoms in total. The first kappa shape index (κ1) is 25.0. The molecular formula is C29H36N6O3. The highest BCUT2D eigenvalue weighted by molar-refractivity contribution is 5.87. The Morgan fingerprint density at radius 1 is 1.05 bits per heavy atom. The van der Waals surface area contributed by atoms with Crippen molar-refractivity contribution in [2.75, 3.05) is 26.2 Å². The number of aliphatic hydroxyl groups excluding tert-OH is 1. The standard InChI is InChI=1S/C29H36N6O3/c36-25-7-4-21(22-5-8-27(38)31-28(22)25)26(37)19-30-18-20-3-6-24-23(17-20)32-33-35(24)14-2-13-34-15-11-29(12-16-34)9-1-10-29/h3-8,17,26,30,36-37H,1-2,9-16,18-19H2,(H,31,38)/t26-/m0/s1. The van der Waals surface area contributed by atoms with E-state index in [9.17, 15) is 15.0 Å². The van der Waals surface area contributed by atoms with E-state index in [1.165, 1.54) is 57.3 Å². The average Bonchev–Trinajstić information content (AvgIpc) is 3.31. The molecule has 1 aliphatic heterocycles. The topological polar surface area (TPSA) is 119 Å². The molecule has 1 aliphatic carbocycles. The number of aromatic amines is 1. The number of pyridine rings is 1. The molecule has 2 aromatic heterocycles. The first-order chi connectivity index (χ1) is 18.5. The van der Waals surface area contributed by atoms with Gasteiger partial charge in [0.15, 0.2) is 0 Å². The summed E-state index contributed by atoms with van der Waals surface area (Å²) >= 11 is 0. The molecule has 9 heteroatoms. The normalized spacial score (nSPS) is 18.2. The van der Waals surface area contributed by atoms with Gasteiger partial charge in [0.05, 0.1) is 17.1 Å². The predicted octanol–water partition coefficient (Wildman–Crippen LogP) is 3.46. The molecule has 2 aromatic carbocycles. The van der Waals surface area contributed by atoms with Gasteiger partial charge in [-0.1, -0.05) is 23.8 Å². The van der Waals surface area contributed by atoms with Crippen molar-refractivity contribution in [3.8, 4) is 5.75 Å². The predicted molar refractivity (Wildman–Crippen MR) is 147 cm³/mol. The molecule has 0 unspecified atom stereocenters. The second-order valence-corrected chi connectivity index (χ2v) is 11.1. The van der Waals surface area contributed by atoms with E-state index < -0.39 is 6.10 Å². The van der Waals surface area contributed by atoms with Gasteiger partial charge >= 0.3 is 0 Å². The number of phenolic OH excluding ortho intramolecular Hbond substituents is 1. The third-order valence-corrected chi connectivity index (χ3v) is 8.69. The van der Waals surface area contributed by atoms with E-state index in [1.807, 2.05) is 10.7 Å². The smallest absolute Gasteiger partial charge is 0.248 e. The third kappa shape index (κ3) is 5.06. The Hall–Kier alpha value is -3.27. The van der Waals surface area contributed by atoms with E-state index in [2.05, 4.69) is 37.6 Å². The summed E-state index contributed by atoms with van der Waals surface area (Å²) in [6.45, 7) is 5.36. The number of H-pyrrole nitrogens is 1. The highest BCUT2D eigenvalue weighted by Gasteiger charge is 2.39. The van der Waals surface area contributed by atoms with Crippen molar-refractivity contribution < 1.29 is 10.2 Å². The van der Waals surface area contributed by atoms with Crippen LogP contribution in [0.2, 0.25) is 0 Å². The fourth-order valence-electron chi connectivity index (χ4n) is 6.18. The molecule has 1 saturated carbocycles. The van der Waals surface area contributed by atoms with Crippen LogP contribution >= 0.6 is 0 Å². The Kier molecular flexibility index (Phi) is 6.90. The summed E-state index contributed by atoms with van der Waals surface area (Å²) < 4.78 is 2.01. The zero-order valence-electron chi connectivity index (χ0n) is 21.7. The number of rotatable bonds is 9. The first-order valence-electron chi connectivity index (χ1n) is 13.8. The number of piperidine rings is 1. The van der Waals surface area contributed by atoms with Gasteiger partial charge in [-0.25, -0.2) is 4.68 Å². The largest absolute Gasteiger partial charge is 0.506 e. The minimum Gasteiger partial charge on any atom is -0.506 e. The van der Waals surface area contributed by atoms with Crippen LogP contribution in [0.15, 0.2) is 47.3 Å². The lowest BCUT2D eigenvalue weighted by Gasteiger charge is -2.48. The van der Waals surface area contributed by atoms with E-state index in [0.717, 1.165) is 36.1 Å². The molecule has 3 heterocycles. The number of benzene rings is 2. The Morgan fingerprint density at radius 3 is 2.68 bits per heavy atom. The molecular weight excluding hydrogens is 480 g/mol. The fourth-order valence-corrected chi connectivity index (χ4v) is 6.18. The summed E-state index contributed by atoms with van der Waals surface area (Å²) in [5.74, 6) is -0.0173. The molecule has 2 aliphatic rings. The van der Waals surface area contributed by atoms with Crippen LogP contribution in [0.1, 0.15) is 55.8 Å². The highest BCUT2D eigenvalue weighted by atomic mass is 16.3. The molecule has 0 radical (unpaired) electrons. The zero-order chi connectivity index (χ0) is 26.1. The molecule has 1 spiro atoms. The van der Waals surface area contributed by atoms with Crippen molar-refractivity contribution in [2.24, 2.45) is 5.41 Å². The minimum absolute atomic E-state index is 0.0173. The van der Waals surface area contributed by atoms with Crippen LogP contribution < -0.4 is 10.9 Å². The van der Waals surface area contributed by atoms with Gasteiger partial charge < -0.3 is 25.4 Å². The SMILES string of the molecule is O=c1ccc2c([C@@H](O)CNCc3ccc4c(c3)nnn4CCCN3CCC4(CCC4)CC3)ccc(O)c2[nH]1. The van der Waals surface area contributed by atoms with Crippen LogP contribution in [0, 0.1) is 5.41 Å². The molecule has 1 atom stereocenters. The number of hydrogen-bond donors (Lipinski definition) is 4. The lowest BCUT2D eigenvalue weighted by molar-refractivity contribution is 0.0327. The number of phenols is 1. The number of fused-ring (bicyclic) bond motifs is 2. The van der Waals surface area contributed by atoms with E-state index >= 15 is 0 Å². The lowest BCUT2D eigenvalue weighted by atomic mass is 9.63. The molecule has 1 saturated heterocycles. The second-order valence-electron chi connectivity index (χ2n) is 11.1. The van der Waals surface area contributed by atoms with Gasteiger partial charge in [-0.3, -0.25) is 4.79 Å². The number of nitrogens with zero attached hydrogens (tertiary/aromatic N) is 4. The van der Waals surface area contributed by atoms with Crippen LogP contribution in [0.25, 0.3) is 21.9 Å². The number of aromatic hydroxyl groups is 1. The molecule has 6 rings (SSSR count). The third-order valence-electron chi connectivity index (χ3n) is 8.69. The minimum atomic E-state index is -0.798. The van der Waals surface area contributed by atoms with Crippen molar-refractivity contribution in [1.82, 2.24) is 30.2 Å². The number of hydrogen-bond acceptors (Lipinski definition) is 7. The van der Waals surface area contributed by atoms with Crippen molar-refractivity contribution in [3.05, 3.63) is 63.9 Å². The molecule has 4 aromatic rings. The average molecular weight is 517 g/mol. The van der Waals surface area contributed by atoms with E-state index in [-0.39, 0.29) is 11.3 Å². The maximum Gasteiger partial charge on any atom is 0.248 e. The van der Waals surface area contributed by atoms with Gasteiger partial charge in [0, 0.05) is 31.1 Å². The number of aliphatic hydroxyl groups is 1. The maximum atomic E-state index is 11.6. The van der Waals surface area contributed by atoms with E-state index in [1.54, 1.807) is 12.1 Å². The van der Waals surface area contributed by atoms with Gasteiger partial charge in [-0.05, 0) is 92.5 Å². The summed E-state index contributed by atoms with van der Waals surface area (Å²) in [6, 6.07) is 12.4. The van der Waals surface area contributed by atoms with Crippen LogP contribution in [0.3, 0.4) is 0 Å². The van der Waals surface area contributed by atoms with Crippen molar-refractivity contribution in [1.29, 1.82) is 0 Å². The van der Waals surface area contributed by atoms with Gasteiger partial charge in [-0.15, -0.1) is 5.10 Å². The fraction of sp³-hybridized carbons (Fsp3) is 0.483. The van der Waals surface area contributed by atoms with Gasteiger partial charge in [-0.2, -0.15) is 0 Å². The van der Waals surface area contributed by atoms with E-state index in [0.29, 0.717) is 35.0 Å². The Balaban J connectivity index is 1.01. The van der Waals surface area contributed by atoms with Crippen LogP contribution in [-0.2, 0) is 13.1 Å². The highest BCUT2D eigenvalue weighted by Crippen LogP contribution is 2.48. The molecule has 0 bridgehead atoms. The second kappa shape index (κ2) is 10.5. The van der Waals surface area contributed by atoms with Crippen LogP contribution in [0.4, 0.5) is 0 Å². The first-order valence-corrected chi connectivity index (χ1v) is 13.8. The number of nitrogens with one attached hydrogen (secondary N) is 2. The van der Waals surface area contributed by atoms with E-state index in [4.69, 9.17) is 0 Å². The molecule has 200 valence electrons. The number of aryl methyl sites for hydroxylation is 1. The maximum absolute atomic E-state index is 11.6. The summed E-state index contributed by atoms with van der Waals surface area (Å²) in [6.07, 6.45) is 7.35. The Labute approximate surface area is 221 Å². The quantitative estimate of drug-likeness (QED) is 0.269. The monoisotopic (exact) mass is 516 g/mol. The van der Waals surface area contributed by atoms with Crippen LogP contribution in [-0.4, -0.2) is 61.3 Å². The van der Waals surface area contributed by atoms with Crippen molar-refractivity contribution in [2.45, 2.75) is 57.7 Å². The van der Waals surface area contributed by atoms with Crippen LogP contribution in [0.5, 0.6) is 5.75 Å². The number of aromatic nitrogens is 4. The molecule has 38 heavy (non-hydrogen) atoms. The summed E-state index contributed by atoms with van der Waals surface area (Å²) in [7, 11) is 0. The Morgan fingerprint density at radius 2 is 1.89 bits per heavy atom. The molecule has 2 fully saturated rings. The van der Waals surface area contributed by atoms with Gasteiger partial charge in [0.25, 0.3) is 0 Å². The van der Waals surface area contributed by atoms with Crippen molar-refractivity contribution in [3.63, 3.8) is 0 Å². The summed E-state index contributed by atoms with van der Waals surface area (Å²) in [4.78, 5) is 16.9. The van der Waals surface area contributed by atoms with Crippen molar-refractivity contribution >= 4 is 21.9 Å². The summed E-state index contributed by atoms with van der Waals surface area (Å²) in [5, 5.41) is 33.6. The molecule has 0 amide bonds. The molecule has 4 N–H and O–H groups in total. The van der Waals surface area contributed by atoms with Gasteiger partial charge in [0.1, 0.15) is 11.3 Å². The van der Waals surface area contributed by atoms with Gasteiger partial charge in [0.2, 0.25) is 5.56 Å². The Bertz CT molecular complexity index is 1480. The lowest BCUT2D eigenvalue weighted by Crippen LogP contribution is -2.43. The summed E-state index contributed by atoms with van der Waals surface area (Å²) in [5.41, 5.74) is 4.37.